The second-order valence-corrected chi connectivity index (χ2v) is 9.47. The first-order valence-electron chi connectivity index (χ1n) is 12.1. The molecule has 0 saturated carbocycles. The molecule has 2 amide bonds. The van der Waals surface area contributed by atoms with E-state index in [-0.39, 0.29) is 24.5 Å². The lowest BCUT2D eigenvalue weighted by molar-refractivity contribution is -0.141. The van der Waals surface area contributed by atoms with Crippen LogP contribution in [0.2, 0.25) is 0 Å². The van der Waals surface area contributed by atoms with Crippen molar-refractivity contribution in [2.75, 3.05) is 46.4 Å². The standard InChI is InChI=1S/C27H38N4O3/c1-27(2,21-24(32)34-3)29-26(33)28-15-10-16-30-17-19-31(20-18-30)25(22-11-6-4-7-12-22)23-13-8-5-9-14-23/h4-9,11-14,25H,10,15-21H2,1-3H3,(H2,28,29,33). The molecule has 1 fully saturated rings. The summed E-state index contributed by atoms with van der Waals surface area (Å²) in [4.78, 5) is 28.7. The van der Waals surface area contributed by atoms with Crippen molar-refractivity contribution in [1.82, 2.24) is 20.4 Å². The number of benzene rings is 2. The van der Waals surface area contributed by atoms with Crippen molar-refractivity contribution in [3.63, 3.8) is 0 Å². The zero-order chi connectivity index (χ0) is 24.4. The van der Waals surface area contributed by atoms with Gasteiger partial charge in [-0.05, 0) is 37.9 Å². The normalized spacial score (nSPS) is 15.2. The average Bonchev–Trinajstić information content (AvgIpc) is 2.83. The second-order valence-electron chi connectivity index (χ2n) is 9.47. The summed E-state index contributed by atoms with van der Waals surface area (Å²) in [6.45, 7) is 9.18. The molecule has 7 heteroatoms. The maximum atomic E-state index is 12.2. The molecular weight excluding hydrogens is 428 g/mol. The minimum Gasteiger partial charge on any atom is -0.469 e. The fraction of sp³-hybridized carbons (Fsp3) is 0.481. The summed E-state index contributed by atoms with van der Waals surface area (Å²) in [6.07, 6.45) is 1.01. The topological polar surface area (TPSA) is 73.9 Å². The first-order valence-corrected chi connectivity index (χ1v) is 12.1. The van der Waals surface area contributed by atoms with Gasteiger partial charge in [-0.3, -0.25) is 9.69 Å². The zero-order valence-electron chi connectivity index (χ0n) is 20.6. The van der Waals surface area contributed by atoms with Crippen molar-refractivity contribution in [3.8, 4) is 0 Å². The molecule has 0 aliphatic carbocycles. The largest absolute Gasteiger partial charge is 0.469 e. The van der Waals surface area contributed by atoms with Gasteiger partial charge in [0.2, 0.25) is 0 Å². The van der Waals surface area contributed by atoms with Crippen molar-refractivity contribution >= 4 is 12.0 Å². The molecule has 1 saturated heterocycles. The number of esters is 1. The van der Waals surface area contributed by atoms with E-state index < -0.39 is 5.54 Å². The molecule has 7 nitrogen and oxygen atoms in total. The van der Waals surface area contributed by atoms with Crippen LogP contribution in [-0.4, -0.2) is 73.7 Å². The van der Waals surface area contributed by atoms with Gasteiger partial charge in [-0.2, -0.15) is 0 Å². The van der Waals surface area contributed by atoms with Crippen LogP contribution in [0.4, 0.5) is 4.79 Å². The molecular formula is C27H38N4O3. The number of amides is 2. The number of ether oxygens (including phenoxy) is 1. The number of nitrogens with zero attached hydrogens (tertiary/aromatic N) is 2. The lowest BCUT2D eigenvalue weighted by Gasteiger charge is -2.39. The van der Waals surface area contributed by atoms with Crippen LogP contribution >= 0.6 is 0 Å². The Bertz CT molecular complexity index is 857. The van der Waals surface area contributed by atoms with E-state index in [2.05, 4.69) is 85.8 Å². The summed E-state index contributed by atoms with van der Waals surface area (Å²) in [7, 11) is 1.35. The van der Waals surface area contributed by atoms with Crippen molar-refractivity contribution < 1.29 is 14.3 Å². The molecule has 0 bridgehead atoms. The zero-order valence-corrected chi connectivity index (χ0v) is 20.6. The molecule has 184 valence electrons. The van der Waals surface area contributed by atoms with E-state index in [0.717, 1.165) is 39.1 Å². The van der Waals surface area contributed by atoms with Gasteiger partial charge < -0.3 is 20.3 Å². The lowest BCUT2D eigenvalue weighted by Crippen LogP contribution is -2.50. The summed E-state index contributed by atoms with van der Waals surface area (Å²) in [6, 6.07) is 21.5. The summed E-state index contributed by atoms with van der Waals surface area (Å²) < 4.78 is 4.69. The lowest BCUT2D eigenvalue weighted by atomic mass is 9.96. The Morgan fingerprint density at radius 3 is 2.03 bits per heavy atom. The number of carbonyl (C=O) groups is 2. The molecule has 1 aliphatic heterocycles. The van der Waals surface area contributed by atoms with Crippen molar-refractivity contribution in [3.05, 3.63) is 71.8 Å². The molecule has 3 rings (SSSR count). The third-order valence-electron chi connectivity index (χ3n) is 6.21. The van der Waals surface area contributed by atoms with Gasteiger partial charge in [0.1, 0.15) is 0 Å². The van der Waals surface area contributed by atoms with Gasteiger partial charge in [-0.25, -0.2) is 4.79 Å². The molecule has 1 aliphatic rings. The van der Waals surface area contributed by atoms with Crippen LogP contribution in [0.25, 0.3) is 0 Å². The molecule has 0 radical (unpaired) electrons. The van der Waals surface area contributed by atoms with Crippen LogP contribution in [0.1, 0.15) is 43.9 Å². The highest BCUT2D eigenvalue weighted by atomic mass is 16.5. The fourth-order valence-electron chi connectivity index (χ4n) is 4.46. The third kappa shape index (κ3) is 7.85. The molecule has 0 aromatic heterocycles. The van der Waals surface area contributed by atoms with Crippen LogP contribution in [0, 0.1) is 0 Å². The van der Waals surface area contributed by atoms with Gasteiger partial charge in [0, 0.05) is 38.3 Å². The van der Waals surface area contributed by atoms with Gasteiger partial charge in [0.25, 0.3) is 0 Å². The summed E-state index contributed by atoms with van der Waals surface area (Å²) >= 11 is 0. The van der Waals surface area contributed by atoms with Crippen molar-refractivity contribution in [1.29, 1.82) is 0 Å². The van der Waals surface area contributed by atoms with Gasteiger partial charge in [-0.1, -0.05) is 60.7 Å². The Hall–Kier alpha value is -2.90. The summed E-state index contributed by atoms with van der Waals surface area (Å²) in [5.41, 5.74) is 2.00. The van der Waals surface area contributed by atoms with Crippen LogP contribution in [-0.2, 0) is 9.53 Å². The van der Waals surface area contributed by atoms with E-state index in [1.54, 1.807) is 13.8 Å². The smallest absolute Gasteiger partial charge is 0.315 e. The highest BCUT2D eigenvalue weighted by molar-refractivity contribution is 5.77. The number of urea groups is 1. The first-order chi connectivity index (χ1) is 16.4. The maximum absolute atomic E-state index is 12.2. The Labute approximate surface area is 203 Å². The Morgan fingerprint density at radius 1 is 0.941 bits per heavy atom. The SMILES string of the molecule is COC(=O)CC(C)(C)NC(=O)NCCCN1CCN(C(c2ccccc2)c2ccccc2)CC1. The third-order valence-corrected chi connectivity index (χ3v) is 6.21. The number of piperazine rings is 1. The minimum atomic E-state index is -0.651. The van der Waals surface area contributed by atoms with Crippen LogP contribution in [0.5, 0.6) is 0 Å². The minimum absolute atomic E-state index is 0.133. The van der Waals surface area contributed by atoms with E-state index in [0.29, 0.717) is 6.54 Å². The number of rotatable bonds is 10. The van der Waals surface area contributed by atoms with Crippen LogP contribution in [0.15, 0.2) is 60.7 Å². The Kier molecular flexibility index (Phi) is 9.48. The van der Waals surface area contributed by atoms with E-state index in [1.165, 1.54) is 18.2 Å². The molecule has 34 heavy (non-hydrogen) atoms. The second kappa shape index (κ2) is 12.5. The van der Waals surface area contributed by atoms with Crippen molar-refractivity contribution in [2.24, 2.45) is 0 Å². The quantitative estimate of drug-likeness (QED) is 0.415. The Morgan fingerprint density at radius 2 is 1.50 bits per heavy atom. The average molecular weight is 467 g/mol. The predicted octanol–water partition coefficient (Wildman–Crippen LogP) is 3.42. The summed E-state index contributed by atoms with van der Waals surface area (Å²) in [5.74, 6) is -0.341. The molecule has 1 heterocycles. The number of hydrogen-bond donors (Lipinski definition) is 2. The van der Waals surface area contributed by atoms with Gasteiger partial charge in [0.15, 0.2) is 0 Å². The number of hydrogen-bond acceptors (Lipinski definition) is 5. The molecule has 2 aromatic carbocycles. The predicted molar refractivity (Wildman–Crippen MR) is 135 cm³/mol. The van der Waals surface area contributed by atoms with E-state index in [9.17, 15) is 9.59 Å². The number of methoxy groups -OCH3 is 1. The van der Waals surface area contributed by atoms with Crippen molar-refractivity contribution in [2.45, 2.75) is 38.3 Å². The molecule has 2 aromatic rings. The van der Waals surface area contributed by atoms with Gasteiger partial charge >= 0.3 is 12.0 Å². The first kappa shape index (κ1) is 25.7. The molecule has 0 atom stereocenters. The number of nitrogens with one attached hydrogen (secondary N) is 2. The molecule has 0 unspecified atom stereocenters. The highest BCUT2D eigenvalue weighted by Crippen LogP contribution is 2.29. The summed E-state index contributed by atoms with van der Waals surface area (Å²) in [5, 5.41) is 5.74. The van der Waals surface area contributed by atoms with E-state index in [1.807, 2.05) is 0 Å². The van der Waals surface area contributed by atoms with Crippen LogP contribution < -0.4 is 10.6 Å². The fourth-order valence-corrected chi connectivity index (χ4v) is 4.46. The van der Waals surface area contributed by atoms with Gasteiger partial charge in [-0.15, -0.1) is 0 Å². The molecule has 2 N–H and O–H groups in total. The Balaban J connectivity index is 1.42. The molecule has 0 spiro atoms. The van der Waals surface area contributed by atoms with E-state index >= 15 is 0 Å². The monoisotopic (exact) mass is 466 g/mol. The van der Waals surface area contributed by atoms with E-state index in [4.69, 9.17) is 0 Å². The maximum Gasteiger partial charge on any atom is 0.315 e. The number of carbonyl (C=O) groups excluding carboxylic acids is 2. The van der Waals surface area contributed by atoms with Crippen LogP contribution in [0.3, 0.4) is 0 Å². The van der Waals surface area contributed by atoms with Gasteiger partial charge in [0.05, 0.1) is 19.6 Å². The highest BCUT2D eigenvalue weighted by Gasteiger charge is 2.26.